The van der Waals surface area contributed by atoms with Gasteiger partial charge >= 0.3 is 0 Å². The number of hydrogen-bond donors (Lipinski definition) is 2. The number of amides is 1. The summed E-state index contributed by atoms with van der Waals surface area (Å²) in [5.74, 6) is -0.593. The molecule has 1 saturated heterocycles. The van der Waals surface area contributed by atoms with E-state index in [0.717, 1.165) is 0 Å². The molecule has 98 valence electrons. The fourth-order valence-electron chi connectivity index (χ4n) is 2.06. The van der Waals surface area contributed by atoms with E-state index in [1.807, 2.05) is 0 Å². The van der Waals surface area contributed by atoms with Gasteiger partial charge in [0.2, 0.25) is 0 Å². The van der Waals surface area contributed by atoms with Crippen LogP contribution in [0.1, 0.15) is 22.3 Å². The molecule has 0 radical (unpaired) electrons. The standard InChI is InChI=1S/C13H16FNO3/c1-8-6-9(2-3-10(8)14)13(18)15-5-4-11(16)12(17)7-15/h2-3,6,11-12,16-17H,4-5,7H2,1H3/t11-,12-/m0/s1. The molecule has 18 heavy (non-hydrogen) atoms. The Morgan fingerprint density at radius 1 is 1.39 bits per heavy atom. The van der Waals surface area contributed by atoms with E-state index in [1.54, 1.807) is 6.92 Å². The highest BCUT2D eigenvalue weighted by atomic mass is 19.1. The summed E-state index contributed by atoms with van der Waals surface area (Å²) in [7, 11) is 0. The number of carbonyl (C=O) groups is 1. The summed E-state index contributed by atoms with van der Waals surface area (Å²) in [6.07, 6.45) is -1.33. The van der Waals surface area contributed by atoms with Crippen LogP contribution in [0.15, 0.2) is 18.2 Å². The van der Waals surface area contributed by atoms with Crippen LogP contribution in [0.25, 0.3) is 0 Å². The summed E-state index contributed by atoms with van der Waals surface area (Å²) < 4.78 is 13.1. The SMILES string of the molecule is Cc1cc(C(=O)N2CC[C@H](O)[C@@H](O)C2)ccc1F. The molecule has 1 fully saturated rings. The minimum atomic E-state index is -0.913. The van der Waals surface area contributed by atoms with Crippen molar-refractivity contribution in [2.45, 2.75) is 25.6 Å². The first-order valence-corrected chi connectivity index (χ1v) is 5.90. The summed E-state index contributed by atoms with van der Waals surface area (Å²) in [6.45, 7) is 2.10. The average Bonchev–Trinajstić information content (AvgIpc) is 2.35. The van der Waals surface area contributed by atoms with Gasteiger partial charge in [0.15, 0.2) is 0 Å². The van der Waals surface area contributed by atoms with Crippen LogP contribution in [0.3, 0.4) is 0 Å². The topological polar surface area (TPSA) is 60.8 Å². The van der Waals surface area contributed by atoms with Gasteiger partial charge < -0.3 is 15.1 Å². The molecule has 0 saturated carbocycles. The van der Waals surface area contributed by atoms with E-state index in [0.29, 0.717) is 24.1 Å². The summed E-state index contributed by atoms with van der Waals surface area (Å²) in [4.78, 5) is 13.6. The van der Waals surface area contributed by atoms with Crippen LogP contribution in [-0.4, -0.2) is 46.3 Å². The zero-order chi connectivity index (χ0) is 13.3. The maximum absolute atomic E-state index is 13.1. The minimum Gasteiger partial charge on any atom is -0.390 e. The van der Waals surface area contributed by atoms with Crippen LogP contribution in [0.2, 0.25) is 0 Å². The summed E-state index contributed by atoms with van der Waals surface area (Å²) >= 11 is 0. The Labute approximate surface area is 105 Å². The lowest BCUT2D eigenvalue weighted by molar-refractivity contribution is -0.0321. The van der Waals surface area contributed by atoms with Gasteiger partial charge in [-0.1, -0.05) is 0 Å². The molecule has 1 aromatic carbocycles. The molecule has 1 aliphatic rings. The molecule has 1 amide bonds. The first kappa shape index (κ1) is 13.0. The Kier molecular flexibility index (Phi) is 3.63. The Morgan fingerprint density at radius 3 is 2.72 bits per heavy atom. The zero-order valence-corrected chi connectivity index (χ0v) is 10.1. The van der Waals surface area contributed by atoms with Crippen LogP contribution in [0, 0.1) is 12.7 Å². The number of carbonyl (C=O) groups excluding carboxylic acids is 1. The molecule has 0 aromatic heterocycles. The fourth-order valence-corrected chi connectivity index (χ4v) is 2.06. The number of halogens is 1. The minimum absolute atomic E-state index is 0.108. The first-order valence-electron chi connectivity index (χ1n) is 5.90. The van der Waals surface area contributed by atoms with Crippen molar-refractivity contribution in [3.8, 4) is 0 Å². The van der Waals surface area contributed by atoms with E-state index in [1.165, 1.54) is 23.1 Å². The van der Waals surface area contributed by atoms with Gasteiger partial charge in [0, 0.05) is 18.7 Å². The third-order valence-electron chi connectivity index (χ3n) is 3.24. The molecular weight excluding hydrogens is 237 g/mol. The van der Waals surface area contributed by atoms with Crippen molar-refractivity contribution >= 4 is 5.91 Å². The normalized spacial score (nSPS) is 24.1. The Balaban J connectivity index is 2.14. The molecule has 5 heteroatoms. The number of benzene rings is 1. The van der Waals surface area contributed by atoms with E-state index in [4.69, 9.17) is 0 Å². The predicted molar refractivity (Wildman–Crippen MR) is 63.7 cm³/mol. The molecule has 1 heterocycles. The van der Waals surface area contributed by atoms with Gasteiger partial charge in [-0.25, -0.2) is 4.39 Å². The number of likely N-dealkylation sites (tertiary alicyclic amines) is 1. The number of hydrogen-bond acceptors (Lipinski definition) is 3. The van der Waals surface area contributed by atoms with Crippen molar-refractivity contribution in [2.24, 2.45) is 0 Å². The second-order valence-electron chi connectivity index (χ2n) is 4.64. The maximum Gasteiger partial charge on any atom is 0.253 e. The maximum atomic E-state index is 13.1. The number of nitrogens with zero attached hydrogens (tertiary/aromatic N) is 1. The van der Waals surface area contributed by atoms with Gasteiger partial charge in [0.1, 0.15) is 5.82 Å². The van der Waals surface area contributed by atoms with Crippen LogP contribution in [-0.2, 0) is 0 Å². The summed E-state index contributed by atoms with van der Waals surface area (Å²) in [5.41, 5.74) is 0.816. The molecule has 1 aliphatic heterocycles. The number of aliphatic hydroxyl groups excluding tert-OH is 2. The molecule has 2 rings (SSSR count). The highest BCUT2D eigenvalue weighted by molar-refractivity contribution is 5.94. The zero-order valence-electron chi connectivity index (χ0n) is 10.1. The molecule has 4 nitrogen and oxygen atoms in total. The predicted octanol–water partition coefficient (Wildman–Crippen LogP) is 0.702. The van der Waals surface area contributed by atoms with E-state index >= 15 is 0 Å². The van der Waals surface area contributed by atoms with Gasteiger partial charge in [0.05, 0.1) is 12.2 Å². The van der Waals surface area contributed by atoms with Crippen LogP contribution >= 0.6 is 0 Å². The number of β-amino-alcohol motifs (C(OH)–C–C–N with tert-alkyl or cyclic N) is 1. The van der Waals surface area contributed by atoms with E-state index in [2.05, 4.69) is 0 Å². The Morgan fingerprint density at radius 2 is 2.11 bits per heavy atom. The molecular formula is C13H16FNO3. The van der Waals surface area contributed by atoms with Gasteiger partial charge in [-0.2, -0.15) is 0 Å². The summed E-state index contributed by atoms with van der Waals surface area (Å²) in [6, 6.07) is 4.19. The molecule has 2 atom stereocenters. The molecule has 0 aliphatic carbocycles. The lowest BCUT2D eigenvalue weighted by Gasteiger charge is -2.33. The average molecular weight is 253 g/mol. The smallest absolute Gasteiger partial charge is 0.253 e. The van der Waals surface area contributed by atoms with Crippen molar-refractivity contribution in [1.82, 2.24) is 4.90 Å². The fraction of sp³-hybridized carbons (Fsp3) is 0.462. The number of piperidine rings is 1. The highest BCUT2D eigenvalue weighted by Crippen LogP contribution is 2.16. The third kappa shape index (κ3) is 2.52. The van der Waals surface area contributed by atoms with Gasteiger partial charge in [-0.15, -0.1) is 0 Å². The van der Waals surface area contributed by atoms with Crippen molar-refractivity contribution < 1.29 is 19.4 Å². The quantitative estimate of drug-likeness (QED) is 0.774. The van der Waals surface area contributed by atoms with Crippen molar-refractivity contribution in [3.05, 3.63) is 35.1 Å². The Hall–Kier alpha value is -1.46. The molecule has 0 spiro atoms. The van der Waals surface area contributed by atoms with Crippen molar-refractivity contribution in [3.63, 3.8) is 0 Å². The third-order valence-corrected chi connectivity index (χ3v) is 3.24. The highest BCUT2D eigenvalue weighted by Gasteiger charge is 2.29. The van der Waals surface area contributed by atoms with Crippen LogP contribution in [0.4, 0.5) is 4.39 Å². The van der Waals surface area contributed by atoms with Crippen LogP contribution < -0.4 is 0 Å². The first-order chi connectivity index (χ1) is 8.49. The van der Waals surface area contributed by atoms with E-state index in [9.17, 15) is 19.4 Å². The van der Waals surface area contributed by atoms with E-state index in [-0.39, 0.29) is 18.3 Å². The number of aliphatic hydroxyl groups is 2. The molecule has 0 unspecified atom stereocenters. The van der Waals surface area contributed by atoms with Crippen molar-refractivity contribution in [1.29, 1.82) is 0 Å². The molecule has 0 bridgehead atoms. The monoisotopic (exact) mass is 253 g/mol. The second-order valence-corrected chi connectivity index (χ2v) is 4.64. The second kappa shape index (κ2) is 5.04. The lowest BCUT2D eigenvalue weighted by Crippen LogP contribution is -2.48. The summed E-state index contributed by atoms with van der Waals surface area (Å²) in [5, 5.41) is 18.9. The number of rotatable bonds is 1. The van der Waals surface area contributed by atoms with Gasteiger partial charge in [0.25, 0.3) is 5.91 Å². The lowest BCUT2D eigenvalue weighted by atomic mass is 10.0. The van der Waals surface area contributed by atoms with Gasteiger partial charge in [-0.3, -0.25) is 4.79 Å². The van der Waals surface area contributed by atoms with Crippen LogP contribution in [0.5, 0.6) is 0 Å². The molecule has 1 aromatic rings. The Bertz CT molecular complexity index is 464. The number of aryl methyl sites for hydroxylation is 1. The van der Waals surface area contributed by atoms with E-state index < -0.39 is 12.2 Å². The van der Waals surface area contributed by atoms with Crippen molar-refractivity contribution in [2.75, 3.05) is 13.1 Å². The van der Waals surface area contributed by atoms with Gasteiger partial charge in [-0.05, 0) is 37.1 Å². The largest absolute Gasteiger partial charge is 0.390 e. The molecule has 2 N–H and O–H groups in total.